The lowest BCUT2D eigenvalue weighted by atomic mass is 9.96. The van der Waals surface area contributed by atoms with Gasteiger partial charge in [-0.2, -0.15) is 0 Å². The van der Waals surface area contributed by atoms with Gasteiger partial charge < -0.3 is 26.9 Å². The molecule has 0 spiro atoms. The van der Waals surface area contributed by atoms with Crippen LogP contribution in [0.5, 0.6) is 0 Å². The molecule has 31 aromatic rings. The summed E-state index contributed by atoms with van der Waals surface area (Å²) in [4.78, 5) is 18.3. The van der Waals surface area contributed by atoms with E-state index in [0.29, 0.717) is 0 Å². The first-order chi connectivity index (χ1) is 66.0. The minimum absolute atomic E-state index is 0.984. The largest absolute Gasteiger partial charge is 0.308 e. The second-order valence-corrected chi connectivity index (χ2v) is 35.2. The van der Waals surface area contributed by atoms with Crippen molar-refractivity contribution in [1.82, 2.24) is 51.4 Å². The van der Waals surface area contributed by atoms with Gasteiger partial charge in [0, 0.05) is 155 Å². The van der Waals surface area contributed by atoms with Crippen molar-refractivity contribution in [2.75, 3.05) is 0 Å². The van der Waals surface area contributed by atoms with E-state index in [1.54, 1.807) is 0 Å². The second-order valence-electron chi connectivity index (χ2n) is 35.2. The van der Waals surface area contributed by atoms with Crippen molar-refractivity contribution in [3.05, 3.63) is 444 Å². The first-order valence-electron chi connectivity index (χ1n) is 45.3. The highest BCUT2D eigenvalue weighted by Gasteiger charge is 2.26. The molecule has 0 aliphatic rings. The Morgan fingerprint density at radius 3 is 0.759 bits per heavy atom. The lowest BCUT2D eigenvalue weighted by molar-refractivity contribution is 1.14. The standard InChI is InChI=1S/C52H31N5.2C35H21N3/c1-3-9-36(10-4-1)55-47-18-15-32(25-41(47)39-21-23-53-30-50(39)55)33-16-20-49-43(26-33)45-29-35(28-44-38-13-7-8-14-46(38)57(49)52(44)45)34-17-19-48-42(27-34)40-22-24-54-31-51(40)56(48)37-11-5-2-6-12-37;1-2-8-24(9-3-1)37-32-17-15-23(21-30(32)28-13-7-19-36-35(28)37)22-16-18-33-29(20-22)27-12-6-11-26-25-10-4-5-14-31(25)38(33)34(26)27;1-2-7-24(8-3-1)37-32-15-13-22(19-29(32)26-17-18-36-21-34(26)37)23-14-16-33-30(20-23)28-11-6-10-27-25-9-4-5-12-31(25)38(33)35(27)28/h1-31H;2*1-21H. The van der Waals surface area contributed by atoms with E-state index in [-0.39, 0.29) is 0 Å². The van der Waals surface area contributed by atoms with Gasteiger partial charge in [-0.25, -0.2) is 4.98 Å². The van der Waals surface area contributed by atoms with Gasteiger partial charge in [0.05, 0.1) is 107 Å². The van der Waals surface area contributed by atoms with Gasteiger partial charge in [0.25, 0.3) is 0 Å². The molecule has 133 heavy (non-hydrogen) atoms. The highest BCUT2D eigenvalue weighted by Crippen LogP contribution is 2.49. The molecule has 0 fully saturated rings. The number of hydrogen-bond donors (Lipinski definition) is 0. The molecule has 17 aromatic carbocycles. The van der Waals surface area contributed by atoms with Gasteiger partial charge in [-0.3, -0.25) is 19.5 Å². The van der Waals surface area contributed by atoms with Crippen LogP contribution in [0.4, 0.5) is 0 Å². The molecule has 14 aromatic heterocycles. The lowest BCUT2D eigenvalue weighted by Gasteiger charge is -2.09. The molecule has 0 aliphatic heterocycles. The van der Waals surface area contributed by atoms with Crippen LogP contribution < -0.4 is 0 Å². The Kier molecular flexibility index (Phi) is 15.5. The molecule has 0 amide bonds. The van der Waals surface area contributed by atoms with Crippen molar-refractivity contribution >= 4 is 202 Å². The molecule has 0 radical (unpaired) electrons. The highest BCUT2D eigenvalue weighted by molar-refractivity contribution is 6.28. The van der Waals surface area contributed by atoms with Crippen molar-refractivity contribution in [3.63, 3.8) is 0 Å². The van der Waals surface area contributed by atoms with Gasteiger partial charge in [0.15, 0.2) is 0 Å². The Morgan fingerprint density at radius 2 is 0.383 bits per heavy atom. The fourth-order valence-corrected chi connectivity index (χ4v) is 22.6. The molecule has 0 saturated carbocycles. The lowest BCUT2D eigenvalue weighted by Crippen LogP contribution is -1.94. The maximum Gasteiger partial charge on any atom is 0.145 e. The summed E-state index contributed by atoms with van der Waals surface area (Å²) in [5, 5.41) is 25.2. The summed E-state index contributed by atoms with van der Waals surface area (Å²) in [5.41, 5.74) is 34.6. The van der Waals surface area contributed by atoms with Crippen LogP contribution in [-0.2, 0) is 0 Å². The molecule has 0 bridgehead atoms. The van der Waals surface area contributed by atoms with E-state index in [1.807, 2.05) is 49.4 Å². The summed E-state index contributed by atoms with van der Waals surface area (Å²) in [7, 11) is 0. The predicted molar refractivity (Wildman–Crippen MR) is 554 cm³/mol. The maximum absolute atomic E-state index is 4.77. The Bertz CT molecular complexity index is 9900. The third-order valence-electron chi connectivity index (χ3n) is 28.4. The Labute approximate surface area is 758 Å². The molecule has 0 N–H and O–H groups in total. The number of benzene rings is 17. The topological polar surface area (TPSA) is 84.5 Å². The number of pyridine rings is 4. The van der Waals surface area contributed by atoms with Crippen LogP contribution in [0.25, 0.3) is 269 Å². The minimum Gasteiger partial charge on any atom is -0.308 e. The number of hydrogen-bond acceptors (Lipinski definition) is 4. The third kappa shape index (κ3) is 10.7. The molecular formula is C122H73N11. The number of nitrogens with zero attached hydrogens (tertiary/aromatic N) is 11. The zero-order chi connectivity index (χ0) is 86.8. The Hall–Kier alpha value is -18.1. The van der Waals surface area contributed by atoms with Crippen molar-refractivity contribution in [1.29, 1.82) is 0 Å². The summed E-state index contributed by atoms with van der Waals surface area (Å²) >= 11 is 0. The fraction of sp³-hybridized carbons (Fsp3) is 0. The first kappa shape index (κ1) is 73.0. The van der Waals surface area contributed by atoms with Crippen molar-refractivity contribution < 1.29 is 0 Å². The maximum atomic E-state index is 4.77. The summed E-state index contributed by atoms with van der Waals surface area (Å²) in [6.45, 7) is 0. The predicted octanol–water partition coefficient (Wildman–Crippen LogP) is 31.1. The molecule has 11 heteroatoms. The van der Waals surface area contributed by atoms with Crippen molar-refractivity contribution in [2.24, 2.45) is 0 Å². The van der Waals surface area contributed by atoms with Crippen molar-refractivity contribution in [3.8, 4) is 67.3 Å². The van der Waals surface area contributed by atoms with E-state index in [1.165, 1.54) is 224 Å². The van der Waals surface area contributed by atoms with Crippen LogP contribution in [0.3, 0.4) is 0 Å². The summed E-state index contributed by atoms with van der Waals surface area (Å²) in [6.07, 6.45) is 13.5. The van der Waals surface area contributed by atoms with Crippen LogP contribution in [0.1, 0.15) is 0 Å². The summed E-state index contributed by atoms with van der Waals surface area (Å²) in [5.74, 6) is 0. The Balaban J connectivity index is 0.000000101. The van der Waals surface area contributed by atoms with Crippen LogP contribution >= 0.6 is 0 Å². The molecule has 31 rings (SSSR count). The zero-order valence-corrected chi connectivity index (χ0v) is 71.6. The van der Waals surface area contributed by atoms with E-state index in [2.05, 4.69) is 441 Å². The van der Waals surface area contributed by atoms with Gasteiger partial charge in [0.2, 0.25) is 0 Å². The molecule has 0 saturated heterocycles. The van der Waals surface area contributed by atoms with Crippen molar-refractivity contribution in [2.45, 2.75) is 0 Å². The van der Waals surface area contributed by atoms with Crippen LogP contribution in [0.15, 0.2) is 444 Å². The van der Waals surface area contributed by atoms with Gasteiger partial charge >= 0.3 is 0 Å². The average molecular weight is 1690 g/mol. The molecule has 0 aliphatic carbocycles. The fourth-order valence-electron chi connectivity index (χ4n) is 22.6. The van der Waals surface area contributed by atoms with E-state index in [4.69, 9.17) is 4.98 Å². The van der Waals surface area contributed by atoms with Gasteiger partial charge in [0.1, 0.15) is 5.65 Å². The van der Waals surface area contributed by atoms with E-state index >= 15 is 0 Å². The number of fused-ring (bicyclic) bond motifs is 30. The van der Waals surface area contributed by atoms with Crippen LogP contribution in [0, 0.1) is 0 Å². The molecule has 14 heterocycles. The average Bonchev–Trinajstić information content (AvgIpc) is 1.55. The number of aromatic nitrogens is 11. The van der Waals surface area contributed by atoms with Gasteiger partial charge in [-0.1, -0.05) is 206 Å². The quantitative estimate of drug-likeness (QED) is 0.152. The third-order valence-corrected chi connectivity index (χ3v) is 28.4. The normalized spacial score (nSPS) is 12.2. The summed E-state index contributed by atoms with van der Waals surface area (Å²) < 4.78 is 16.5. The molecule has 11 nitrogen and oxygen atoms in total. The second kappa shape index (κ2) is 28.2. The SMILES string of the molecule is c1ccc(-n2c3ccc(-c4ccc5c(c4)c4cc(-c6ccc7c(c6)c6ccncc6n7-c6ccccc6)cc6c7ccccc7n5c64)cc3c3ccncc32)cc1.c1ccc(-n2c3ccc(-c4ccc5c(c4)c4cccc6c7ccccc7n5c64)cc3c3cccnc32)cc1.c1ccc(-n2c3ccc(-c4ccc5c(c4)c4cccc6c7ccccc7n5c64)cc3c3ccncc32)cc1. The monoisotopic (exact) mass is 1690 g/mol. The first-order valence-corrected chi connectivity index (χ1v) is 45.3. The minimum atomic E-state index is 0.984. The Morgan fingerprint density at radius 1 is 0.143 bits per heavy atom. The highest BCUT2D eigenvalue weighted by atomic mass is 15.1. The van der Waals surface area contributed by atoms with E-state index < -0.39 is 0 Å². The molecule has 0 unspecified atom stereocenters. The molecule has 616 valence electrons. The van der Waals surface area contributed by atoms with E-state index in [0.717, 1.165) is 44.9 Å². The van der Waals surface area contributed by atoms with Gasteiger partial charge in [-0.15, -0.1) is 0 Å². The molecular weight excluding hydrogens is 1620 g/mol. The van der Waals surface area contributed by atoms with Gasteiger partial charge in [-0.05, 0) is 239 Å². The molecule has 0 atom stereocenters. The zero-order valence-electron chi connectivity index (χ0n) is 71.6. The summed E-state index contributed by atoms with van der Waals surface area (Å²) in [6, 6.07) is 146. The van der Waals surface area contributed by atoms with Crippen LogP contribution in [0.2, 0.25) is 0 Å². The number of rotatable bonds is 8. The smallest absolute Gasteiger partial charge is 0.145 e. The van der Waals surface area contributed by atoms with Crippen LogP contribution in [-0.4, -0.2) is 51.4 Å². The van der Waals surface area contributed by atoms with E-state index in [9.17, 15) is 0 Å². The number of para-hydroxylation sites is 9.